The Balaban J connectivity index is 1.44. The number of amides is 3. The molecule has 1 saturated heterocycles. The highest BCUT2D eigenvalue weighted by molar-refractivity contribution is 6.30. The van der Waals surface area contributed by atoms with E-state index in [1.54, 1.807) is 6.07 Å². The largest absolute Gasteiger partial charge is 0.481 e. The Kier molecular flexibility index (Phi) is 5.51. The van der Waals surface area contributed by atoms with Crippen molar-refractivity contribution in [2.24, 2.45) is 0 Å². The zero-order valence-electron chi connectivity index (χ0n) is 17.2. The van der Waals surface area contributed by atoms with Crippen molar-refractivity contribution in [2.75, 3.05) is 11.4 Å². The van der Waals surface area contributed by atoms with Crippen LogP contribution in [0.25, 0.3) is 0 Å². The van der Waals surface area contributed by atoms with Crippen molar-refractivity contribution in [1.29, 1.82) is 0 Å². The first-order valence-electron chi connectivity index (χ1n) is 10.7. The van der Waals surface area contributed by atoms with Gasteiger partial charge in [-0.3, -0.25) is 4.79 Å². The monoisotopic (exact) mass is 461 g/mol. The number of hydrogen-bond donors (Lipinski definition) is 2. The first-order chi connectivity index (χ1) is 15.4. The molecule has 2 fully saturated rings. The SMILES string of the molecule is O=C1CNC(=O)N1c1ccc(O[C@H]2c3cc(Cl)cc(F)c3C[C@H]2NC2CCCC2)c(F)c1. The molecule has 0 spiro atoms. The molecule has 0 bridgehead atoms. The molecule has 2 atom stereocenters. The number of carbonyl (C=O) groups excluding carboxylic acids is 2. The van der Waals surface area contributed by atoms with E-state index in [9.17, 15) is 18.4 Å². The molecule has 2 aliphatic carbocycles. The quantitative estimate of drug-likeness (QED) is 0.653. The van der Waals surface area contributed by atoms with E-state index in [-0.39, 0.29) is 29.0 Å². The smallest absolute Gasteiger partial charge is 0.329 e. The minimum absolute atomic E-state index is 0.0442. The van der Waals surface area contributed by atoms with Gasteiger partial charge >= 0.3 is 6.03 Å². The van der Waals surface area contributed by atoms with Gasteiger partial charge in [-0.25, -0.2) is 18.5 Å². The summed E-state index contributed by atoms with van der Waals surface area (Å²) in [7, 11) is 0. The standard InChI is InChI=1S/C23H22ClF2N3O3/c24-12-7-16-15(17(25)8-12)10-19(28-13-3-1-2-4-13)22(16)32-20-6-5-14(9-18(20)26)29-21(30)11-27-23(29)31/h5-9,13,19,22,28H,1-4,10-11H2,(H,27,31)/t19-,22+/m1/s1. The molecule has 9 heteroatoms. The molecule has 1 saturated carbocycles. The van der Waals surface area contributed by atoms with E-state index in [2.05, 4.69) is 10.6 Å². The van der Waals surface area contributed by atoms with E-state index >= 15 is 0 Å². The van der Waals surface area contributed by atoms with Crippen LogP contribution >= 0.6 is 11.6 Å². The lowest BCUT2D eigenvalue weighted by Gasteiger charge is -2.26. The number of nitrogens with zero attached hydrogens (tertiary/aromatic N) is 1. The summed E-state index contributed by atoms with van der Waals surface area (Å²) in [4.78, 5) is 24.6. The van der Waals surface area contributed by atoms with E-state index in [0.29, 0.717) is 23.6 Å². The summed E-state index contributed by atoms with van der Waals surface area (Å²) in [6.45, 7) is -0.127. The molecule has 32 heavy (non-hydrogen) atoms. The van der Waals surface area contributed by atoms with Crippen molar-refractivity contribution in [2.45, 2.75) is 50.3 Å². The van der Waals surface area contributed by atoms with E-state index in [1.807, 2.05) is 0 Å². The van der Waals surface area contributed by atoms with Gasteiger partial charge in [0.2, 0.25) is 0 Å². The van der Waals surface area contributed by atoms with Crippen LogP contribution in [-0.4, -0.2) is 30.6 Å². The molecule has 0 aromatic heterocycles. The van der Waals surface area contributed by atoms with Crippen molar-refractivity contribution >= 4 is 29.2 Å². The molecular weight excluding hydrogens is 440 g/mol. The molecule has 2 aromatic carbocycles. The highest BCUT2D eigenvalue weighted by Gasteiger charge is 2.38. The molecule has 0 radical (unpaired) electrons. The number of anilines is 1. The summed E-state index contributed by atoms with van der Waals surface area (Å²) in [6, 6.07) is 6.36. The number of halogens is 3. The van der Waals surface area contributed by atoms with Gasteiger partial charge in [-0.2, -0.15) is 0 Å². The number of benzene rings is 2. The summed E-state index contributed by atoms with van der Waals surface area (Å²) in [5, 5.41) is 6.22. The zero-order valence-corrected chi connectivity index (χ0v) is 17.9. The predicted molar refractivity (Wildman–Crippen MR) is 115 cm³/mol. The molecule has 1 heterocycles. The maximum atomic E-state index is 15.0. The predicted octanol–water partition coefficient (Wildman–Crippen LogP) is 4.25. The van der Waals surface area contributed by atoms with Gasteiger partial charge in [0.25, 0.3) is 5.91 Å². The number of nitrogens with one attached hydrogen (secondary N) is 2. The van der Waals surface area contributed by atoms with E-state index < -0.39 is 29.7 Å². The Morgan fingerprint density at radius 3 is 2.56 bits per heavy atom. The second-order valence-corrected chi connectivity index (χ2v) is 8.89. The van der Waals surface area contributed by atoms with Gasteiger partial charge in [0, 0.05) is 22.7 Å². The summed E-state index contributed by atoms with van der Waals surface area (Å²) in [6.07, 6.45) is 4.15. The summed E-state index contributed by atoms with van der Waals surface area (Å²) < 4.78 is 35.6. The highest BCUT2D eigenvalue weighted by atomic mass is 35.5. The Labute approximate surface area is 188 Å². The van der Waals surface area contributed by atoms with E-state index in [1.165, 1.54) is 18.2 Å². The molecule has 1 aliphatic heterocycles. The molecule has 2 aromatic rings. The maximum Gasteiger partial charge on any atom is 0.329 e. The first kappa shape index (κ1) is 21.2. The molecular formula is C23H22ClF2N3O3. The molecule has 5 rings (SSSR count). The van der Waals surface area contributed by atoms with Crippen LogP contribution in [0.3, 0.4) is 0 Å². The third-order valence-electron chi connectivity index (χ3n) is 6.37. The first-order valence-corrected chi connectivity index (χ1v) is 11.1. The number of hydrogen-bond acceptors (Lipinski definition) is 4. The summed E-state index contributed by atoms with van der Waals surface area (Å²) >= 11 is 6.10. The lowest BCUT2D eigenvalue weighted by molar-refractivity contribution is -0.115. The fraction of sp³-hybridized carbons (Fsp3) is 0.391. The van der Waals surface area contributed by atoms with Gasteiger partial charge in [-0.15, -0.1) is 0 Å². The third-order valence-corrected chi connectivity index (χ3v) is 6.58. The molecule has 168 valence electrons. The van der Waals surface area contributed by atoms with Crippen molar-refractivity contribution in [3.8, 4) is 5.75 Å². The van der Waals surface area contributed by atoms with Crippen LogP contribution in [0.4, 0.5) is 19.3 Å². The van der Waals surface area contributed by atoms with Gasteiger partial charge in [0.05, 0.1) is 18.3 Å². The zero-order chi connectivity index (χ0) is 22.4. The number of imide groups is 1. The average Bonchev–Trinajstić information content (AvgIpc) is 3.45. The van der Waals surface area contributed by atoms with Crippen molar-refractivity contribution in [1.82, 2.24) is 10.6 Å². The topological polar surface area (TPSA) is 70.7 Å². The van der Waals surface area contributed by atoms with E-state index in [4.69, 9.17) is 16.3 Å². The molecule has 3 amide bonds. The molecule has 2 N–H and O–H groups in total. The van der Waals surface area contributed by atoms with Crippen LogP contribution in [0.5, 0.6) is 5.75 Å². The van der Waals surface area contributed by atoms with Crippen LogP contribution in [0.15, 0.2) is 30.3 Å². The van der Waals surface area contributed by atoms with Crippen molar-refractivity contribution in [3.05, 3.63) is 58.1 Å². The van der Waals surface area contributed by atoms with Crippen molar-refractivity contribution in [3.63, 3.8) is 0 Å². The van der Waals surface area contributed by atoms with Gasteiger partial charge in [-0.1, -0.05) is 24.4 Å². The van der Waals surface area contributed by atoms with Crippen LogP contribution in [0, 0.1) is 11.6 Å². The number of fused-ring (bicyclic) bond motifs is 1. The Hall–Kier alpha value is -2.71. The van der Waals surface area contributed by atoms with Crippen LogP contribution < -0.4 is 20.3 Å². The minimum atomic E-state index is -0.717. The van der Waals surface area contributed by atoms with Crippen LogP contribution in [0.2, 0.25) is 5.02 Å². The lowest BCUT2D eigenvalue weighted by atomic mass is 10.1. The molecule has 3 aliphatic rings. The second-order valence-electron chi connectivity index (χ2n) is 8.46. The fourth-order valence-electron chi connectivity index (χ4n) is 4.87. The van der Waals surface area contributed by atoms with Gasteiger partial charge < -0.3 is 15.4 Å². The normalized spacial score (nSPS) is 23.0. The van der Waals surface area contributed by atoms with Gasteiger partial charge in [0.1, 0.15) is 11.9 Å². The summed E-state index contributed by atoms with van der Waals surface area (Å²) in [5.41, 5.74) is 1.24. The van der Waals surface area contributed by atoms with Crippen LogP contribution in [0.1, 0.15) is 42.9 Å². The number of rotatable bonds is 5. The Morgan fingerprint density at radius 2 is 1.88 bits per heavy atom. The maximum absolute atomic E-state index is 15.0. The Bertz CT molecular complexity index is 1070. The Morgan fingerprint density at radius 1 is 1.09 bits per heavy atom. The van der Waals surface area contributed by atoms with Gasteiger partial charge in [-0.05, 0) is 49.1 Å². The number of carbonyl (C=O) groups is 2. The van der Waals surface area contributed by atoms with E-state index in [0.717, 1.165) is 36.6 Å². The van der Waals surface area contributed by atoms with Crippen LogP contribution in [-0.2, 0) is 11.2 Å². The van der Waals surface area contributed by atoms with Gasteiger partial charge in [0.15, 0.2) is 11.6 Å². The average molecular weight is 462 g/mol. The molecule has 0 unspecified atom stereocenters. The number of urea groups is 1. The fourth-order valence-corrected chi connectivity index (χ4v) is 5.08. The minimum Gasteiger partial charge on any atom is -0.481 e. The number of ether oxygens (including phenoxy) is 1. The summed E-state index contributed by atoms with van der Waals surface area (Å²) in [5.74, 6) is -1.62. The third kappa shape index (κ3) is 3.82. The molecule has 6 nitrogen and oxygen atoms in total. The highest BCUT2D eigenvalue weighted by Crippen LogP contribution is 2.40. The van der Waals surface area contributed by atoms with Crippen molar-refractivity contribution < 1.29 is 23.1 Å². The lowest BCUT2D eigenvalue weighted by Crippen LogP contribution is -2.41. The second kappa shape index (κ2) is 8.33.